The van der Waals surface area contributed by atoms with Crippen LogP contribution in [-0.4, -0.2) is 26.7 Å². The molecule has 3 N–H and O–H groups in total. The minimum atomic E-state index is 0.491. The number of aromatic nitrogens is 4. The third-order valence-electron chi connectivity index (χ3n) is 2.76. The van der Waals surface area contributed by atoms with E-state index < -0.39 is 0 Å². The fourth-order valence-electron chi connectivity index (χ4n) is 1.70. The van der Waals surface area contributed by atoms with Gasteiger partial charge in [0.2, 0.25) is 5.89 Å². The summed E-state index contributed by atoms with van der Waals surface area (Å²) in [6, 6.07) is 1.74. The minimum Gasteiger partial charge on any atom is -0.384 e. The van der Waals surface area contributed by atoms with Crippen LogP contribution in [0.15, 0.2) is 16.9 Å². The normalized spacial score (nSPS) is 14.7. The lowest BCUT2D eigenvalue weighted by molar-refractivity contribution is 0.379. The molecule has 94 valence electrons. The summed E-state index contributed by atoms with van der Waals surface area (Å²) in [5, 5.41) is 6.74. The Balaban J connectivity index is 1.61. The standard InChI is InChI=1S/C11H14N6O/c12-8-5-9(17-11(16-8)7-1-2-7)13-4-3-10-14-6-15-18-10/h5-7H,1-4H2,(H3,12,13,16,17). The van der Waals surface area contributed by atoms with Gasteiger partial charge in [0.15, 0.2) is 6.33 Å². The number of anilines is 2. The predicted molar refractivity (Wildman–Crippen MR) is 64.9 cm³/mol. The largest absolute Gasteiger partial charge is 0.384 e. The Labute approximate surface area is 104 Å². The fourth-order valence-corrected chi connectivity index (χ4v) is 1.70. The molecule has 0 atom stereocenters. The first kappa shape index (κ1) is 10.9. The second-order valence-electron chi connectivity index (χ2n) is 4.32. The van der Waals surface area contributed by atoms with Crippen LogP contribution in [0.1, 0.15) is 30.5 Å². The first-order chi connectivity index (χ1) is 8.81. The molecule has 1 aliphatic carbocycles. The van der Waals surface area contributed by atoms with Gasteiger partial charge < -0.3 is 15.6 Å². The second kappa shape index (κ2) is 4.59. The van der Waals surface area contributed by atoms with E-state index in [9.17, 15) is 0 Å². The molecular weight excluding hydrogens is 232 g/mol. The molecule has 0 amide bonds. The van der Waals surface area contributed by atoms with Gasteiger partial charge in [0.25, 0.3) is 0 Å². The van der Waals surface area contributed by atoms with Gasteiger partial charge in [-0.2, -0.15) is 4.98 Å². The molecule has 2 aromatic heterocycles. The summed E-state index contributed by atoms with van der Waals surface area (Å²) in [6.07, 6.45) is 4.36. The Kier molecular flexibility index (Phi) is 2.79. The van der Waals surface area contributed by atoms with Gasteiger partial charge >= 0.3 is 0 Å². The van der Waals surface area contributed by atoms with Crippen molar-refractivity contribution in [2.45, 2.75) is 25.2 Å². The van der Waals surface area contributed by atoms with Crippen LogP contribution >= 0.6 is 0 Å². The first-order valence-electron chi connectivity index (χ1n) is 5.95. The van der Waals surface area contributed by atoms with E-state index in [0.29, 0.717) is 30.6 Å². The number of hydrogen-bond acceptors (Lipinski definition) is 7. The van der Waals surface area contributed by atoms with Crippen molar-refractivity contribution in [3.05, 3.63) is 24.1 Å². The van der Waals surface area contributed by atoms with Gasteiger partial charge in [-0.15, -0.1) is 0 Å². The SMILES string of the molecule is Nc1cc(NCCc2ncno2)nc(C2CC2)n1. The third kappa shape index (κ3) is 2.55. The summed E-state index contributed by atoms with van der Waals surface area (Å²) in [4.78, 5) is 12.6. The first-order valence-corrected chi connectivity index (χ1v) is 5.95. The van der Waals surface area contributed by atoms with Crippen molar-refractivity contribution in [1.82, 2.24) is 20.1 Å². The summed E-state index contributed by atoms with van der Waals surface area (Å²) in [5.74, 6) is 3.20. The molecule has 0 spiro atoms. The average molecular weight is 246 g/mol. The molecule has 7 nitrogen and oxygen atoms in total. The highest BCUT2D eigenvalue weighted by molar-refractivity contribution is 5.45. The van der Waals surface area contributed by atoms with Gasteiger partial charge in [-0.3, -0.25) is 0 Å². The maximum atomic E-state index is 5.76. The van der Waals surface area contributed by atoms with E-state index in [1.165, 1.54) is 6.33 Å². The smallest absolute Gasteiger partial charge is 0.228 e. The van der Waals surface area contributed by atoms with Gasteiger partial charge in [-0.05, 0) is 12.8 Å². The molecule has 1 fully saturated rings. The van der Waals surface area contributed by atoms with Gasteiger partial charge in [-0.1, -0.05) is 5.16 Å². The third-order valence-corrected chi connectivity index (χ3v) is 2.76. The molecule has 0 aromatic carbocycles. The van der Waals surface area contributed by atoms with Crippen molar-refractivity contribution < 1.29 is 4.52 Å². The lowest BCUT2D eigenvalue weighted by atomic mass is 10.3. The fraction of sp³-hybridized carbons (Fsp3) is 0.455. The van der Waals surface area contributed by atoms with Crippen molar-refractivity contribution in [1.29, 1.82) is 0 Å². The zero-order valence-corrected chi connectivity index (χ0v) is 9.83. The van der Waals surface area contributed by atoms with Crippen molar-refractivity contribution in [3.63, 3.8) is 0 Å². The lowest BCUT2D eigenvalue weighted by Crippen LogP contribution is -2.09. The van der Waals surface area contributed by atoms with Crippen LogP contribution < -0.4 is 11.1 Å². The Morgan fingerprint density at radius 3 is 3.00 bits per heavy atom. The summed E-state index contributed by atoms with van der Waals surface area (Å²) < 4.78 is 4.91. The molecule has 1 aliphatic rings. The Bertz CT molecular complexity index is 522. The van der Waals surface area contributed by atoms with Crippen molar-refractivity contribution >= 4 is 11.6 Å². The van der Waals surface area contributed by atoms with Crippen LogP contribution in [0.3, 0.4) is 0 Å². The molecule has 0 unspecified atom stereocenters. The van der Waals surface area contributed by atoms with Crippen LogP contribution in [0.2, 0.25) is 0 Å². The van der Waals surface area contributed by atoms with Crippen molar-refractivity contribution in [2.24, 2.45) is 0 Å². The highest BCUT2D eigenvalue weighted by Gasteiger charge is 2.27. The average Bonchev–Trinajstić information content (AvgIpc) is 3.08. The summed E-state index contributed by atoms with van der Waals surface area (Å²) in [7, 11) is 0. The number of nitrogen functional groups attached to an aromatic ring is 1. The monoisotopic (exact) mass is 246 g/mol. The molecule has 18 heavy (non-hydrogen) atoms. The Morgan fingerprint density at radius 2 is 2.28 bits per heavy atom. The summed E-state index contributed by atoms with van der Waals surface area (Å²) in [5.41, 5.74) is 5.76. The molecule has 7 heteroatoms. The van der Waals surface area contributed by atoms with E-state index in [0.717, 1.165) is 24.5 Å². The van der Waals surface area contributed by atoms with Crippen molar-refractivity contribution in [2.75, 3.05) is 17.6 Å². The Hall–Kier alpha value is -2.18. The zero-order chi connectivity index (χ0) is 12.4. The quantitative estimate of drug-likeness (QED) is 0.810. The van der Waals surface area contributed by atoms with E-state index in [4.69, 9.17) is 10.3 Å². The second-order valence-corrected chi connectivity index (χ2v) is 4.32. The van der Waals surface area contributed by atoms with E-state index in [1.807, 2.05) is 0 Å². The lowest BCUT2D eigenvalue weighted by Gasteiger charge is -2.06. The van der Waals surface area contributed by atoms with Gasteiger partial charge in [-0.25, -0.2) is 9.97 Å². The minimum absolute atomic E-state index is 0.491. The highest BCUT2D eigenvalue weighted by atomic mass is 16.5. The maximum Gasteiger partial charge on any atom is 0.228 e. The van der Waals surface area contributed by atoms with E-state index in [1.54, 1.807) is 6.07 Å². The number of nitrogens with one attached hydrogen (secondary N) is 1. The van der Waals surface area contributed by atoms with Gasteiger partial charge in [0.1, 0.15) is 17.5 Å². The number of rotatable bonds is 5. The van der Waals surface area contributed by atoms with Crippen LogP contribution in [0, 0.1) is 0 Å². The molecule has 2 aromatic rings. The van der Waals surface area contributed by atoms with Gasteiger partial charge in [0.05, 0.1) is 0 Å². The molecule has 1 saturated carbocycles. The highest BCUT2D eigenvalue weighted by Crippen LogP contribution is 2.38. The maximum absolute atomic E-state index is 5.76. The van der Waals surface area contributed by atoms with Crippen LogP contribution in [-0.2, 0) is 6.42 Å². The van der Waals surface area contributed by atoms with E-state index in [-0.39, 0.29) is 0 Å². The Morgan fingerprint density at radius 1 is 1.39 bits per heavy atom. The molecule has 0 radical (unpaired) electrons. The molecular formula is C11H14N6O. The number of nitrogens with zero attached hydrogens (tertiary/aromatic N) is 4. The van der Waals surface area contributed by atoms with Crippen LogP contribution in [0.5, 0.6) is 0 Å². The molecule has 3 rings (SSSR count). The molecule has 2 heterocycles. The molecule has 0 bridgehead atoms. The molecule has 0 saturated heterocycles. The van der Waals surface area contributed by atoms with Crippen LogP contribution in [0.4, 0.5) is 11.6 Å². The summed E-state index contributed by atoms with van der Waals surface area (Å²) in [6.45, 7) is 0.669. The number of hydrogen-bond donors (Lipinski definition) is 2. The predicted octanol–water partition coefficient (Wildman–Crippen LogP) is 0.974. The van der Waals surface area contributed by atoms with E-state index in [2.05, 4.69) is 25.4 Å². The molecule has 0 aliphatic heterocycles. The van der Waals surface area contributed by atoms with E-state index >= 15 is 0 Å². The van der Waals surface area contributed by atoms with Crippen molar-refractivity contribution in [3.8, 4) is 0 Å². The van der Waals surface area contributed by atoms with Crippen LogP contribution in [0.25, 0.3) is 0 Å². The summed E-state index contributed by atoms with van der Waals surface area (Å²) >= 11 is 0. The number of nitrogens with two attached hydrogens (primary N) is 1. The zero-order valence-electron chi connectivity index (χ0n) is 9.83. The van der Waals surface area contributed by atoms with Gasteiger partial charge in [0, 0.05) is 24.9 Å². The topological polar surface area (TPSA) is 103 Å².